The van der Waals surface area contributed by atoms with Gasteiger partial charge >= 0.3 is 0 Å². The molecule has 37 heavy (non-hydrogen) atoms. The summed E-state index contributed by atoms with van der Waals surface area (Å²) in [7, 11) is 1.60. The maximum atomic E-state index is 13.8. The van der Waals surface area contributed by atoms with Crippen molar-refractivity contribution in [2.75, 3.05) is 20.3 Å². The number of benzene rings is 1. The largest absolute Gasteiger partial charge is 0.507 e. The second-order valence-electron chi connectivity index (χ2n) is 9.26. The van der Waals surface area contributed by atoms with Gasteiger partial charge in [-0.3, -0.25) is 14.4 Å². The smallest absolute Gasteiger partial charge is 0.226 e. The summed E-state index contributed by atoms with van der Waals surface area (Å²) in [6.45, 7) is 6.77. The summed E-state index contributed by atoms with van der Waals surface area (Å²) in [6.07, 6.45) is 2.85. The number of aryl methyl sites for hydroxylation is 1. The van der Waals surface area contributed by atoms with E-state index in [0.717, 1.165) is 0 Å². The van der Waals surface area contributed by atoms with Crippen molar-refractivity contribution >= 4 is 17.3 Å². The molecule has 0 amide bonds. The van der Waals surface area contributed by atoms with Crippen molar-refractivity contribution in [2.24, 2.45) is 0 Å². The van der Waals surface area contributed by atoms with Crippen LogP contribution in [0.15, 0.2) is 27.6 Å². The number of allylic oxidation sites excluding steroid dienone is 4. The molecular weight excluding hydrogens is 482 g/mol. The summed E-state index contributed by atoms with van der Waals surface area (Å²) in [5.41, 5.74) is -1.29. The van der Waals surface area contributed by atoms with Crippen LogP contribution in [0.1, 0.15) is 60.4 Å². The number of ketones is 3. The number of aromatic nitrogens is 2. The van der Waals surface area contributed by atoms with E-state index in [1.165, 1.54) is 26.8 Å². The van der Waals surface area contributed by atoms with Crippen LogP contribution in [0.25, 0.3) is 0 Å². The zero-order valence-electron chi connectivity index (χ0n) is 21.4. The normalized spacial score (nSPS) is 19.8. The number of nitrogens with zero attached hydrogens (tertiary/aromatic N) is 2. The highest BCUT2D eigenvalue weighted by Crippen LogP contribution is 2.57. The number of phenolic OH excluding ortho intramolecular Hbond substituents is 2. The first-order valence-electron chi connectivity index (χ1n) is 11.9. The highest BCUT2D eigenvalue weighted by molar-refractivity contribution is 6.31. The Kier molecular flexibility index (Phi) is 6.92. The van der Waals surface area contributed by atoms with E-state index in [2.05, 4.69) is 15.5 Å². The molecule has 1 aliphatic heterocycles. The van der Waals surface area contributed by atoms with Crippen LogP contribution in [0.2, 0.25) is 0 Å². The third kappa shape index (κ3) is 4.29. The van der Waals surface area contributed by atoms with E-state index >= 15 is 0 Å². The predicted octanol–water partition coefficient (Wildman–Crippen LogP) is 2.36. The number of ether oxygens (including phenoxy) is 2. The van der Waals surface area contributed by atoms with Crippen LogP contribution >= 0.6 is 0 Å². The number of Topliss-reactive ketones (excluding diaryl/α,β-unsaturated/α-hetero) is 2. The molecular formula is C26H29N3O8. The fourth-order valence-electron chi connectivity index (χ4n) is 4.65. The monoisotopic (exact) mass is 511 g/mol. The number of phenols is 2. The SMILES string of the molecule is COCCc1noc(CCCN/C(C)=C2\C(=O)C=C3Oc4c(C(C)=O)c(O)c(C)c(O)c4[C@@]3(C)C2=O)n1. The van der Waals surface area contributed by atoms with Crippen LogP contribution in [0.3, 0.4) is 0 Å². The number of methoxy groups -OCH3 is 1. The highest BCUT2D eigenvalue weighted by Gasteiger charge is 2.56. The maximum Gasteiger partial charge on any atom is 0.226 e. The molecule has 1 aromatic carbocycles. The molecule has 0 saturated heterocycles. The first-order chi connectivity index (χ1) is 17.5. The van der Waals surface area contributed by atoms with Gasteiger partial charge in [0, 0.05) is 43.8 Å². The Labute approximate surface area is 213 Å². The van der Waals surface area contributed by atoms with Crippen molar-refractivity contribution in [2.45, 2.75) is 52.4 Å². The molecule has 2 aromatic rings. The Bertz CT molecular complexity index is 1370. The average Bonchev–Trinajstić information content (AvgIpc) is 3.41. The standard InChI is InChI=1S/C26H29N3O8/c1-12-22(32)20(14(3)30)24-21(23(12)33)26(4)16(36-24)11-15(31)19(25(26)34)13(2)27-9-6-7-18-28-17(29-37-18)8-10-35-5/h11,27,32-33H,6-10H2,1-5H3/b19-13+/t26-/m0/s1. The topological polar surface area (TPSA) is 161 Å². The fraction of sp³-hybridized carbons (Fsp3) is 0.423. The van der Waals surface area contributed by atoms with Gasteiger partial charge in [0.1, 0.15) is 34.0 Å². The number of hydrogen-bond donors (Lipinski definition) is 3. The molecule has 4 rings (SSSR count). The van der Waals surface area contributed by atoms with E-state index in [0.29, 0.717) is 49.8 Å². The lowest BCUT2D eigenvalue weighted by Gasteiger charge is -2.29. The van der Waals surface area contributed by atoms with Crippen LogP contribution in [0, 0.1) is 6.92 Å². The third-order valence-electron chi connectivity index (χ3n) is 6.76. The van der Waals surface area contributed by atoms with Crippen molar-refractivity contribution in [3.8, 4) is 17.2 Å². The molecule has 2 heterocycles. The van der Waals surface area contributed by atoms with Gasteiger partial charge in [0.2, 0.25) is 5.89 Å². The summed E-state index contributed by atoms with van der Waals surface area (Å²) < 4.78 is 16.0. The first kappa shape index (κ1) is 26.1. The van der Waals surface area contributed by atoms with Gasteiger partial charge in [-0.25, -0.2) is 0 Å². The van der Waals surface area contributed by atoms with Crippen molar-refractivity contribution in [1.29, 1.82) is 0 Å². The van der Waals surface area contributed by atoms with Crippen LogP contribution in [-0.4, -0.2) is 58.0 Å². The van der Waals surface area contributed by atoms with E-state index in [4.69, 9.17) is 14.0 Å². The number of hydrogen-bond acceptors (Lipinski definition) is 11. The summed E-state index contributed by atoms with van der Waals surface area (Å²) in [4.78, 5) is 43.3. The van der Waals surface area contributed by atoms with Crippen LogP contribution in [-0.2, 0) is 32.6 Å². The molecule has 0 saturated carbocycles. The molecule has 0 radical (unpaired) electrons. The van der Waals surface area contributed by atoms with Crippen molar-refractivity contribution < 1.29 is 38.6 Å². The van der Waals surface area contributed by atoms with Crippen LogP contribution in [0.4, 0.5) is 0 Å². The average molecular weight is 512 g/mol. The summed E-state index contributed by atoms with van der Waals surface area (Å²) in [5, 5.41) is 28.3. The first-order valence-corrected chi connectivity index (χ1v) is 11.9. The summed E-state index contributed by atoms with van der Waals surface area (Å²) in [5.74, 6) is -1.48. The van der Waals surface area contributed by atoms with Crippen molar-refractivity contribution in [3.63, 3.8) is 0 Å². The van der Waals surface area contributed by atoms with Crippen LogP contribution in [0.5, 0.6) is 17.2 Å². The van der Waals surface area contributed by atoms with E-state index in [1.807, 2.05) is 0 Å². The van der Waals surface area contributed by atoms with Gasteiger partial charge < -0.3 is 29.5 Å². The van der Waals surface area contributed by atoms with Gasteiger partial charge in [-0.1, -0.05) is 5.16 Å². The zero-order chi connectivity index (χ0) is 27.1. The summed E-state index contributed by atoms with van der Waals surface area (Å²) in [6, 6.07) is 0. The lowest BCUT2D eigenvalue weighted by Crippen LogP contribution is -2.41. The minimum absolute atomic E-state index is 0.00230. The predicted molar refractivity (Wildman–Crippen MR) is 129 cm³/mol. The number of aromatic hydroxyl groups is 2. The third-order valence-corrected chi connectivity index (χ3v) is 6.76. The molecule has 196 valence electrons. The molecule has 2 aliphatic rings. The molecule has 3 N–H and O–H groups in total. The lowest BCUT2D eigenvalue weighted by molar-refractivity contribution is -0.123. The van der Waals surface area contributed by atoms with E-state index in [9.17, 15) is 24.6 Å². The quantitative estimate of drug-likeness (QED) is 0.196. The molecule has 0 unspecified atom stereocenters. The maximum absolute atomic E-state index is 13.8. The van der Waals surface area contributed by atoms with E-state index < -0.39 is 28.5 Å². The van der Waals surface area contributed by atoms with Gasteiger partial charge in [0.05, 0.1) is 17.7 Å². The molecule has 1 aromatic heterocycles. The van der Waals surface area contributed by atoms with Crippen molar-refractivity contribution in [3.05, 3.63) is 51.5 Å². The van der Waals surface area contributed by atoms with E-state index in [-0.39, 0.29) is 39.5 Å². The summed E-state index contributed by atoms with van der Waals surface area (Å²) >= 11 is 0. The molecule has 11 heteroatoms. The Morgan fingerprint density at radius 3 is 2.59 bits per heavy atom. The minimum Gasteiger partial charge on any atom is -0.507 e. The fourth-order valence-corrected chi connectivity index (χ4v) is 4.65. The molecule has 0 fully saturated rings. The number of carbonyl (C=O) groups is 3. The van der Waals surface area contributed by atoms with Crippen molar-refractivity contribution in [1.82, 2.24) is 15.5 Å². The second-order valence-corrected chi connectivity index (χ2v) is 9.26. The number of rotatable bonds is 9. The Balaban J connectivity index is 1.57. The Morgan fingerprint density at radius 1 is 1.19 bits per heavy atom. The molecule has 1 aliphatic carbocycles. The second kappa shape index (κ2) is 9.81. The molecule has 11 nitrogen and oxygen atoms in total. The molecule has 0 bridgehead atoms. The highest BCUT2D eigenvalue weighted by atomic mass is 16.5. The van der Waals surface area contributed by atoms with Crippen LogP contribution < -0.4 is 10.1 Å². The minimum atomic E-state index is -1.55. The number of carbonyl (C=O) groups excluding carboxylic acids is 3. The Morgan fingerprint density at radius 2 is 1.92 bits per heavy atom. The van der Waals surface area contributed by atoms with Gasteiger partial charge in [0.15, 0.2) is 23.2 Å². The molecule has 1 atom stereocenters. The van der Waals surface area contributed by atoms with Gasteiger partial charge in [-0.05, 0) is 34.1 Å². The van der Waals surface area contributed by atoms with Gasteiger partial charge in [-0.2, -0.15) is 4.98 Å². The van der Waals surface area contributed by atoms with E-state index in [1.54, 1.807) is 14.0 Å². The van der Waals surface area contributed by atoms with Gasteiger partial charge in [0.25, 0.3) is 0 Å². The van der Waals surface area contributed by atoms with Gasteiger partial charge in [-0.15, -0.1) is 0 Å². The zero-order valence-corrected chi connectivity index (χ0v) is 21.4. The Hall–Kier alpha value is -3.99. The number of fused-ring (bicyclic) bond motifs is 3. The molecule has 0 spiro atoms. The number of nitrogens with one attached hydrogen (secondary N) is 1. The lowest BCUT2D eigenvalue weighted by atomic mass is 9.70.